The molecule has 22 heavy (non-hydrogen) atoms. The lowest BCUT2D eigenvalue weighted by atomic mass is 10.2. The highest BCUT2D eigenvalue weighted by atomic mass is 16.3. The molecule has 2 aromatic rings. The van der Waals surface area contributed by atoms with Gasteiger partial charge in [0.15, 0.2) is 5.82 Å². The zero-order valence-electron chi connectivity index (χ0n) is 12.5. The standard InChI is InChI=1S/C15H22N6O/c22-14(12-20-8-3-7-18-20)11-16-10-13-4-2-9-21(13)15-5-1-6-17-19-15/h1,3,5-8,13-14,16,22H,2,4,9-12H2/t13-,14-/m0/s1. The van der Waals surface area contributed by atoms with E-state index in [1.807, 2.05) is 24.4 Å². The molecule has 0 bridgehead atoms. The Morgan fingerprint density at radius 3 is 3.09 bits per heavy atom. The highest BCUT2D eigenvalue weighted by Gasteiger charge is 2.25. The predicted octanol–water partition coefficient (Wildman–Crippen LogP) is 0.293. The average Bonchev–Trinajstić information content (AvgIpc) is 3.20. The third-order valence-electron chi connectivity index (χ3n) is 3.95. The number of aliphatic hydroxyl groups is 1. The summed E-state index contributed by atoms with van der Waals surface area (Å²) in [7, 11) is 0. The molecule has 2 aromatic heterocycles. The average molecular weight is 302 g/mol. The van der Waals surface area contributed by atoms with Crippen LogP contribution in [0.5, 0.6) is 0 Å². The largest absolute Gasteiger partial charge is 0.390 e. The first-order valence-electron chi connectivity index (χ1n) is 7.73. The summed E-state index contributed by atoms with van der Waals surface area (Å²) < 4.78 is 1.74. The van der Waals surface area contributed by atoms with E-state index in [1.54, 1.807) is 17.1 Å². The maximum Gasteiger partial charge on any atom is 0.151 e. The summed E-state index contributed by atoms with van der Waals surface area (Å²) in [5, 5.41) is 25.6. The van der Waals surface area contributed by atoms with E-state index in [9.17, 15) is 5.11 Å². The van der Waals surface area contributed by atoms with E-state index in [2.05, 4.69) is 25.5 Å². The summed E-state index contributed by atoms with van der Waals surface area (Å²) in [6, 6.07) is 6.18. The van der Waals surface area contributed by atoms with Gasteiger partial charge in [-0.25, -0.2) is 0 Å². The Bertz CT molecular complexity index is 546. The lowest BCUT2D eigenvalue weighted by Gasteiger charge is -2.25. The van der Waals surface area contributed by atoms with Crippen LogP contribution in [0.25, 0.3) is 0 Å². The SMILES string of the molecule is O[C@@H](CNC[C@@H]1CCCN1c1cccnn1)Cn1cccn1. The summed E-state index contributed by atoms with van der Waals surface area (Å²) in [6.45, 7) is 2.93. The lowest BCUT2D eigenvalue weighted by Crippen LogP contribution is -2.41. The molecule has 1 aliphatic rings. The van der Waals surface area contributed by atoms with E-state index in [0.29, 0.717) is 19.1 Å². The second kappa shape index (κ2) is 7.33. The van der Waals surface area contributed by atoms with Crippen LogP contribution >= 0.6 is 0 Å². The smallest absolute Gasteiger partial charge is 0.151 e. The van der Waals surface area contributed by atoms with Crippen molar-refractivity contribution in [3.05, 3.63) is 36.8 Å². The van der Waals surface area contributed by atoms with Gasteiger partial charge in [0.05, 0.1) is 12.6 Å². The van der Waals surface area contributed by atoms with E-state index < -0.39 is 6.10 Å². The van der Waals surface area contributed by atoms with Crippen molar-refractivity contribution < 1.29 is 5.11 Å². The number of aliphatic hydroxyl groups excluding tert-OH is 1. The summed E-state index contributed by atoms with van der Waals surface area (Å²) in [5.41, 5.74) is 0. The Kier molecular flexibility index (Phi) is 4.97. The van der Waals surface area contributed by atoms with Crippen LogP contribution in [0.2, 0.25) is 0 Å². The molecule has 1 aliphatic heterocycles. The van der Waals surface area contributed by atoms with Gasteiger partial charge in [-0.2, -0.15) is 10.2 Å². The Balaban J connectivity index is 1.44. The Hall–Kier alpha value is -1.99. The molecule has 0 spiro atoms. The van der Waals surface area contributed by atoms with Gasteiger partial charge in [-0.15, -0.1) is 5.10 Å². The van der Waals surface area contributed by atoms with Crippen LogP contribution in [0, 0.1) is 0 Å². The lowest BCUT2D eigenvalue weighted by molar-refractivity contribution is 0.146. The first-order chi connectivity index (χ1) is 10.8. The molecule has 0 aromatic carbocycles. The van der Waals surface area contributed by atoms with Crippen molar-refractivity contribution in [2.45, 2.75) is 31.5 Å². The van der Waals surface area contributed by atoms with Gasteiger partial charge >= 0.3 is 0 Å². The molecule has 7 heteroatoms. The molecule has 1 fully saturated rings. The first-order valence-corrected chi connectivity index (χ1v) is 7.73. The van der Waals surface area contributed by atoms with Crippen molar-refractivity contribution in [3.63, 3.8) is 0 Å². The molecular weight excluding hydrogens is 280 g/mol. The molecule has 0 saturated carbocycles. The van der Waals surface area contributed by atoms with E-state index in [4.69, 9.17) is 0 Å². The fourth-order valence-electron chi connectivity index (χ4n) is 2.90. The number of anilines is 1. The quantitative estimate of drug-likeness (QED) is 0.765. The van der Waals surface area contributed by atoms with E-state index in [0.717, 1.165) is 25.3 Å². The van der Waals surface area contributed by atoms with E-state index in [1.165, 1.54) is 6.42 Å². The summed E-state index contributed by atoms with van der Waals surface area (Å²) in [4.78, 5) is 2.29. The van der Waals surface area contributed by atoms with Crippen LogP contribution in [-0.4, -0.2) is 56.9 Å². The Morgan fingerprint density at radius 2 is 2.32 bits per heavy atom. The molecule has 2 atom stereocenters. The van der Waals surface area contributed by atoms with Gasteiger partial charge < -0.3 is 15.3 Å². The minimum atomic E-state index is -0.439. The van der Waals surface area contributed by atoms with Crippen molar-refractivity contribution in [2.24, 2.45) is 0 Å². The van der Waals surface area contributed by atoms with Gasteiger partial charge in [0.25, 0.3) is 0 Å². The molecule has 0 radical (unpaired) electrons. The maximum absolute atomic E-state index is 10.0. The molecule has 7 nitrogen and oxygen atoms in total. The van der Waals surface area contributed by atoms with Crippen molar-refractivity contribution in [1.82, 2.24) is 25.3 Å². The van der Waals surface area contributed by atoms with Crippen molar-refractivity contribution in [1.29, 1.82) is 0 Å². The van der Waals surface area contributed by atoms with Gasteiger partial charge in [0.2, 0.25) is 0 Å². The highest BCUT2D eigenvalue weighted by molar-refractivity contribution is 5.39. The van der Waals surface area contributed by atoms with Crippen molar-refractivity contribution in [3.8, 4) is 0 Å². The third-order valence-corrected chi connectivity index (χ3v) is 3.95. The van der Waals surface area contributed by atoms with E-state index in [-0.39, 0.29) is 0 Å². The molecule has 118 valence electrons. The fourth-order valence-corrected chi connectivity index (χ4v) is 2.90. The normalized spacial score (nSPS) is 19.5. The Labute approximate surface area is 130 Å². The number of nitrogens with zero attached hydrogens (tertiary/aromatic N) is 5. The number of hydrogen-bond donors (Lipinski definition) is 2. The maximum atomic E-state index is 10.0. The van der Waals surface area contributed by atoms with Crippen LogP contribution < -0.4 is 10.2 Å². The second-order valence-corrected chi connectivity index (χ2v) is 5.61. The molecule has 2 N–H and O–H groups in total. The molecule has 3 rings (SSSR count). The molecule has 0 unspecified atom stereocenters. The molecular formula is C15H22N6O. The number of nitrogens with one attached hydrogen (secondary N) is 1. The van der Waals surface area contributed by atoms with Crippen LogP contribution in [-0.2, 0) is 6.54 Å². The van der Waals surface area contributed by atoms with E-state index >= 15 is 0 Å². The molecule has 1 saturated heterocycles. The fraction of sp³-hybridized carbons (Fsp3) is 0.533. The Morgan fingerprint density at radius 1 is 1.36 bits per heavy atom. The topological polar surface area (TPSA) is 79.1 Å². The number of rotatable bonds is 7. The monoisotopic (exact) mass is 302 g/mol. The zero-order valence-corrected chi connectivity index (χ0v) is 12.5. The minimum Gasteiger partial charge on any atom is -0.390 e. The molecule has 3 heterocycles. The van der Waals surface area contributed by atoms with Gasteiger partial charge in [-0.1, -0.05) is 0 Å². The van der Waals surface area contributed by atoms with Gasteiger partial charge in [0, 0.05) is 44.3 Å². The van der Waals surface area contributed by atoms with Gasteiger partial charge in [0.1, 0.15) is 0 Å². The zero-order chi connectivity index (χ0) is 15.2. The highest BCUT2D eigenvalue weighted by Crippen LogP contribution is 2.22. The van der Waals surface area contributed by atoms with Crippen LogP contribution in [0.3, 0.4) is 0 Å². The predicted molar refractivity (Wildman–Crippen MR) is 83.5 cm³/mol. The van der Waals surface area contributed by atoms with Crippen LogP contribution in [0.4, 0.5) is 5.82 Å². The minimum absolute atomic E-state index is 0.411. The van der Waals surface area contributed by atoms with Crippen molar-refractivity contribution in [2.75, 3.05) is 24.5 Å². The number of aromatic nitrogens is 4. The second-order valence-electron chi connectivity index (χ2n) is 5.61. The summed E-state index contributed by atoms with van der Waals surface area (Å²) >= 11 is 0. The number of hydrogen-bond acceptors (Lipinski definition) is 6. The van der Waals surface area contributed by atoms with Crippen LogP contribution in [0.1, 0.15) is 12.8 Å². The summed E-state index contributed by atoms with van der Waals surface area (Å²) in [5.74, 6) is 0.934. The third kappa shape index (κ3) is 3.80. The summed E-state index contributed by atoms with van der Waals surface area (Å²) in [6.07, 6.45) is 7.13. The molecule has 0 aliphatic carbocycles. The van der Waals surface area contributed by atoms with Crippen molar-refractivity contribution >= 4 is 5.82 Å². The van der Waals surface area contributed by atoms with Gasteiger partial charge in [-0.3, -0.25) is 4.68 Å². The molecule has 0 amide bonds. The van der Waals surface area contributed by atoms with Gasteiger partial charge in [-0.05, 0) is 31.0 Å². The van der Waals surface area contributed by atoms with Crippen LogP contribution in [0.15, 0.2) is 36.8 Å². The first kappa shape index (κ1) is 14.9.